The predicted molar refractivity (Wildman–Crippen MR) is 86.7 cm³/mol. The van der Waals surface area contributed by atoms with Gasteiger partial charge in [-0.15, -0.1) is 0 Å². The Balaban J connectivity index is 1.84. The van der Waals surface area contributed by atoms with E-state index >= 15 is 0 Å². The average Bonchev–Trinajstić information content (AvgIpc) is 2.53. The summed E-state index contributed by atoms with van der Waals surface area (Å²) in [5, 5.41) is 8.75. The van der Waals surface area contributed by atoms with E-state index < -0.39 is 0 Å². The van der Waals surface area contributed by atoms with Crippen LogP contribution >= 0.6 is 0 Å². The Kier molecular flexibility index (Phi) is 7.12. The van der Waals surface area contributed by atoms with Crippen LogP contribution in [0.5, 0.6) is 0 Å². The third-order valence-electron chi connectivity index (χ3n) is 5.06. The van der Waals surface area contributed by atoms with E-state index in [0.717, 1.165) is 58.4 Å². The molecule has 2 heterocycles. The zero-order valence-electron chi connectivity index (χ0n) is 14.1. The Labute approximate surface area is 134 Å². The molecule has 0 aromatic carbocycles. The summed E-state index contributed by atoms with van der Waals surface area (Å²) in [4.78, 5) is 16.7. The van der Waals surface area contributed by atoms with E-state index in [1.54, 1.807) is 0 Å². The lowest BCUT2D eigenvalue weighted by Crippen LogP contribution is -2.54. The normalized spacial score (nSPS) is 26.8. The maximum Gasteiger partial charge on any atom is 0.222 e. The van der Waals surface area contributed by atoms with E-state index in [-0.39, 0.29) is 6.61 Å². The van der Waals surface area contributed by atoms with Crippen molar-refractivity contribution < 1.29 is 14.6 Å². The van der Waals surface area contributed by atoms with E-state index in [4.69, 9.17) is 9.84 Å². The maximum absolute atomic E-state index is 12.1. The molecule has 2 aliphatic heterocycles. The fourth-order valence-corrected chi connectivity index (χ4v) is 3.85. The molecule has 22 heavy (non-hydrogen) atoms. The molecule has 0 aliphatic carbocycles. The number of nitrogens with zero attached hydrogens (tertiary/aromatic N) is 2. The second-order valence-corrected chi connectivity index (χ2v) is 6.88. The molecule has 2 aliphatic rings. The first-order valence-electron chi connectivity index (χ1n) is 8.88. The van der Waals surface area contributed by atoms with Crippen LogP contribution < -0.4 is 0 Å². The van der Waals surface area contributed by atoms with Crippen molar-refractivity contribution in [2.24, 2.45) is 5.41 Å². The van der Waals surface area contributed by atoms with Gasteiger partial charge in [-0.2, -0.15) is 0 Å². The average molecular weight is 312 g/mol. The minimum atomic E-state index is 0.0957. The van der Waals surface area contributed by atoms with Crippen molar-refractivity contribution in [3.63, 3.8) is 0 Å². The molecule has 1 N–H and O–H groups in total. The van der Waals surface area contributed by atoms with Gasteiger partial charge in [-0.1, -0.05) is 13.3 Å². The van der Waals surface area contributed by atoms with Crippen LogP contribution in [-0.2, 0) is 9.53 Å². The van der Waals surface area contributed by atoms with Gasteiger partial charge in [0.1, 0.15) is 0 Å². The van der Waals surface area contributed by atoms with Crippen molar-refractivity contribution >= 4 is 5.91 Å². The van der Waals surface area contributed by atoms with E-state index in [2.05, 4.69) is 16.7 Å². The first-order chi connectivity index (χ1) is 10.7. The quantitative estimate of drug-likeness (QED) is 0.690. The topological polar surface area (TPSA) is 53.0 Å². The zero-order valence-corrected chi connectivity index (χ0v) is 14.1. The molecule has 5 nitrogen and oxygen atoms in total. The molecule has 0 aromatic rings. The molecule has 1 spiro atoms. The Morgan fingerprint density at radius 2 is 2.09 bits per heavy atom. The molecule has 2 fully saturated rings. The highest BCUT2D eigenvalue weighted by Crippen LogP contribution is 2.38. The van der Waals surface area contributed by atoms with Crippen LogP contribution in [0.25, 0.3) is 0 Å². The second kappa shape index (κ2) is 8.85. The molecule has 2 saturated heterocycles. The molecule has 0 bridgehead atoms. The molecule has 0 saturated carbocycles. The number of carbonyl (C=O) groups excluding carboxylic acids is 1. The number of ether oxygens (including phenoxy) is 1. The van der Waals surface area contributed by atoms with Crippen LogP contribution in [0.15, 0.2) is 0 Å². The van der Waals surface area contributed by atoms with Crippen LogP contribution in [-0.4, -0.2) is 73.4 Å². The van der Waals surface area contributed by atoms with E-state index in [1.165, 1.54) is 12.8 Å². The summed E-state index contributed by atoms with van der Waals surface area (Å²) >= 11 is 0. The van der Waals surface area contributed by atoms with Gasteiger partial charge in [-0.05, 0) is 32.2 Å². The fraction of sp³-hybridized carbons (Fsp3) is 0.941. The fourth-order valence-electron chi connectivity index (χ4n) is 3.85. The van der Waals surface area contributed by atoms with Crippen LogP contribution in [0.3, 0.4) is 0 Å². The monoisotopic (exact) mass is 312 g/mol. The summed E-state index contributed by atoms with van der Waals surface area (Å²) in [7, 11) is 0. The third kappa shape index (κ3) is 4.93. The number of likely N-dealkylation sites (tertiary alicyclic amines) is 2. The SMILES string of the molecule is CCCCN1C[C@]2(CCCN(CCOCCO)C2)CCC1=O. The van der Waals surface area contributed by atoms with Gasteiger partial charge in [0.25, 0.3) is 0 Å². The van der Waals surface area contributed by atoms with Gasteiger partial charge < -0.3 is 19.6 Å². The molecular weight excluding hydrogens is 280 g/mol. The van der Waals surface area contributed by atoms with Crippen molar-refractivity contribution in [2.45, 2.75) is 45.4 Å². The highest BCUT2D eigenvalue weighted by molar-refractivity contribution is 5.77. The summed E-state index contributed by atoms with van der Waals surface area (Å²) in [6.07, 6.45) is 6.49. The molecule has 1 amide bonds. The highest BCUT2D eigenvalue weighted by atomic mass is 16.5. The number of rotatable bonds is 8. The van der Waals surface area contributed by atoms with Gasteiger partial charge in [-0.25, -0.2) is 0 Å². The summed E-state index contributed by atoms with van der Waals surface area (Å²) in [5.41, 5.74) is 0.302. The van der Waals surface area contributed by atoms with Gasteiger partial charge >= 0.3 is 0 Å². The summed E-state index contributed by atoms with van der Waals surface area (Å²) in [6.45, 7) is 8.42. The predicted octanol–water partition coefficient (Wildman–Crippen LogP) is 1.50. The molecule has 5 heteroatoms. The van der Waals surface area contributed by atoms with Crippen molar-refractivity contribution in [3.8, 4) is 0 Å². The van der Waals surface area contributed by atoms with Crippen molar-refractivity contribution in [1.29, 1.82) is 0 Å². The Morgan fingerprint density at radius 3 is 2.86 bits per heavy atom. The van der Waals surface area contributed by atoms with Crippen LogP contribution in [0.4, 0.5) is 0 Å². The Hall–Kier alpha value is -0.650. The molecular formula is C17H32N2O3. The van der Waals surface area contributed by atoms with E-state index in [0.29, 0.717) is 24.5 Å². The number of aliphatic hydroxyl groups excluding tert-OH is 1. The molecule has 2 rings (SSSR count). The lowest BCUT2D eigenvalue weighted by atomic mass is 9.73. The van der Waals surface area contributed by atoms with E-state index in [9.17, 15) is 4.79 Å². The van der Waals surface area contributed by atoms with Crippen LogP contribution in [0, 0.1) is 5.41 Å². The van der Waals surface area contributed by atoms with Crippen molar-refractivity contribution in [1.82, 2.24) is 9.80 Å². The molecule has 128 valence electrons. The first-order valence-corrected chi connectivity index (χ1v) is 8.88. The zero-order chi connectivity index (χ0) is 15.8. The van der Waals surface area contributed by atoms with Crippen LogP contribution in [0.2, 0.25) is 0 Å². The number of hydrogen-bond acceptors (Lipinski definition) is 4. The molecule has 0 unspecified atom stereocenters. The van der Waals surface area contributed by atoms with Gasteiger partial charge in [0.05, 0.1) is 19.8 Å². The van der Waals surface area contributed by atoms with Gasteiger partial charge in [0.15, 0.2) is 0 Å². The highest BCUT2D eigenvalue weighted by Gasteiger charge is 2.41. The maximum atomic E-state index is 12.1. The minimum Gasteiger partial charge on any atom is -0.394 e. The summed E-state index contributed by atoms with van der Waals surface area (Å²) in [6, 6.07) is 0. The minimum absolute atomic E-state index is 0.0957. The molecule has 0 aromatic heterocycles. The van der Waals surface area contributed by atoms with Gasteiger partial charge in [0.2, 0.25) is 5.91 Å². The largest absolute Gasteiger partial charge is 0.394 e. The number of hydrogen-bond donors (Lipinski definition) is 1. The van der Waals surface area contributed by atoms with Gasteiger partial charge in [-0.3, -0.25) is 4.79 Å². The smallest absolute Gasteiger partial charge is 0.222 e. The number of unbranched alkanes of at least 4 members (excludes halogenated alkanes) is 1. The van der Waals surface area contributed by atoms with Gasteiger partial charge in [0, 0.05) is 38.0 Å². The van der Waals surface area contributed by atoms with E-state index in [1.807, 2.05) is 0 Å². The molecule has 0 radical (unpaired) electrons. The molecule has 1 atom stereocenters. The van der Waals surface area contributed by atoms with Crippen molar-refractivity contribution in [3.05, 3.63) is 0 Å². The summed E-state index contributed by atoms with van der Waals surface area (Å²) < 4.78 is 5.40. The number of amides is 1. The first kappa shape index (κ1) is 17.7. The number of carbonyl (C=O) groups is 1. The lowest BCUT2D eigenvalue weighted by molar-refractivity contribution is -0.139. The second-order valence-electron chi connectivity index (χ2n) is 6.88. The number of aliphatic hydroxyl groups is 1. The Bertz CT molecular complexity index is 351. The standard InChI is InChI=1S/C17H32N2O3/c1-2-3-9-19-15-17(7-5-16(19)21)6-4-8-18(14-17)10-12-22-13-11-20/h20H,2-15H2,1H3/t17-/m1/s1. The summed E-state index contributed by atoms with van der Waals surface area (Å²) in [5.74, 6) is 0.350. The number of piperidine rings is 2. The van der Waals surface area contributed by atoms with Crippen LogP contribution in [0.1, 0.15) is 45.4 Å². The van der Waals surface area contributed by atoms with Crippen molar-refractivity contribution in [2.75, 3.05) is 52.5 Å². The Morgan fingerprint density at radius 1 is 1.23 bits per heavy atom. The lowest BCUT2D eigenvalue weighted by Gasteiger charge is -2.48. The third-order valence-corrected chi connectivity index (χ3v) is 5.06.